The number of methoxy groups -OCH3 is 2. The van der Waals surface area contributed by atoms with Gasteiger partial charge in [-0.1, -0.05) is 44.9 Å². The van der Waals surface area contributed by atoms with Crippen LogP contribution in [0.5, 0.6) is 11.5 Å². The molecule has 2 rings (SSSR count). The van der Waals surface area contributed by atoms with Crippen molar-refractivity contribution >= 4 is 0 Å². The van der Waals surface area contributed by atoms with E-state index in [0.717, 1.165) is 29.4 Å². The highest BCUT2D eigenvalue weighted by Gasteiger charge is 2.13. The maximum atomic E-state index is 5.52. The predicted molar refractivity (Wildman–Crippen MR) is 88.4 cm³/mol. The minimum Gasteiger partial charge on any atom is -0.496 e. The molecule has 0 bridgehead atoms. The van der Waals surface area contributed by atoms with Crippen LogP contribution in [0.1, 0.15) is 62.5 Å². The Balaban J connectivity index is 1.84. The summed E-state index contributed by atoms with van der Waals surface area (Å²) in [6, 6.07) is 4.24. The van der Waals surface area contributed by atoms with Crippen LogP contribution in [0, 0.1) is 12.8 Å². The largest absolute Gasteiger partial charge is 0.496 e. The second kappa shape index (κ2) is 8.31. The second-order valence-corrected chi connectivity index (χ2v) is 6.38. The molecule has 118 valence electrons. The number of unbranched alkanes of at least 4 members (excludes halogenated alkanes) is 1. The molecule has 0 aromatic heterocycles. The van der Waals surface area contributed by atoms with Crippen molar-refractivity contribution in [2.24, 2.45) is 5.92 Å². The van der Waals surface area contributed by atoms with Gasteiger partial charge < -0.3 is 9.47 Å². The fourth-order valence-electron chi connectivity index (χ4n) is 3.53. The van der Waals surface area contributed by atoms with Crippen molar-refractivity contribution in [1.82, 2.24) is 0 Å². The molecule has 0 radical (unpaired) electrons. The maximum Gasteiger partial charge on any atom is 0.122 e. The first-order chi connectivity index (χ1) is 10.2. The van der Waals surface area contributed by atoms with Crippen LogP contribution in [-0.4, -0.2) is 14.2 Å². The number of aryl methyl sites for hydroxylation is 2. The van der Waals surface area contributed by atoms with E-state index in [-0.39, 0.29) is 0 Å². The van der Waals surface area contributed by atoms with Gasteiger partial charge in [0, 0.05) is 0 Å². The molecule has 1 aromatic rings. The summed E-state index contributed by atoms with van der Waals surface area (Å²) in [6.45, 7) is 2.06. The Morgan fingerprint density at radius 2 is 1.67 bits per heavy atom. The molecule has 0 spiro atoms. The predicted octanol–water partition coefficient (Wildman–Crippen LogP) is 5.31. The summed E-state index contributed by atoms with van der Waals surface area (Å²) in [7, 11) is 3.49. The first kappa shape index (κ1) is 16.2. The van der Waals surface area contributed by atoms with Gasteiger partial charge in [0.25, 0.3) is 0 Å². The number of hydrogen-bond acceptors (Lipinski definition) is 2. The van der Waals surface area contributed by atoms with Gasteiger partial charge in [0.05, 0.1) is 14.2 Å². The van der Waals surface area contributed by atoms with Crippen molar-refractivity contribution in [2.75, 3.05) is 14.2 Å². The van der Waals surface area contributed by atoms with Gasteiger partial charge in [-0.25, -0.2) is 0 Å². The van der Waals surface area contributed by atoms with Gasteiger partial charge >= 0.3 is 0 Å². The van der Waals surface area contributed by atoms with Crippen LogP contribution in [0.4, 0.5) is 0 Å². The third kappa shape index (κ3) is 4.66. The number of benzene rings is 1. The Hall–Kier alpha value is -1.18. The smallest absolute Gasteiger partial charge is 0.122 e. The number of ether oxygens (including phenoxy) is 2. The summed E-state index contributed by atoms with van der Waals surface area (Å²) < 4.78 is 10.9. The number of rotatable bonds is 7. The maximum absolute atomic E-state index is 5.52. The summed E-state index contributed by atoms with van der Waals surface area (Å²) in [5, 5.41) is 0. The highest BCUT2D eigenvalue weighted by atomic mass is 16.5. The Labute approximate surface area is 129 Å². The van der Waals surface area contributed by atoms with Crippen LogP contribution < -0.4 is 9.47 Å². The first-order valence-electron chi connectivity index (χ1n) is 8.46. The van der Waals surface area contributed by atoms with Crippen LogP contribution in [0.25, 0.3) is 0 Å². The zero-order valence-corrected chi connectivity index (χ0v) is 13.9. The first-order valence-corrected chi connectivity index (χ1v) is 8.46. The Kier molecular flexibility index (Phi) is 6.41. The fourth-order valence-corrected chi connectivity index (χ4v) is 3.53. The molecule has 1 saturated carbocycles. The summed E-state index contributed by atoms with van der Waals surface area (Å²) in [4.78, 5) is 0. The minimum atomic E-state index is 0.970. The van der Waals surface area contributed by atoms with E-state index in [1.165, 1.54) is 56.9 Å². The molecular formula is C19H30O2. The molecule has 1 aliphatic rings. The van der Waals surface area contributed by atoms with E-state index < -0.39 is 0 Å². The van der Waals surface area contributed by atoms with Gasteiger partial charge in [0.2, 0.25) is 0 Å². The Bertz CT molecular complexity index is 433. The van der Waals surface area contributed by atoms with Gasteiger partial charge in [-0.15, -0.1) is 0 Å². The zero-order valence-electron chi connectivity index (χ0n) is 13.9. The molecule has 0 N–H and O–H groups in total. The molecule has 1 fully saturated rings. The van der Waals surface area contributed by atoms with Crippen molar-refractivity contribution in [2.45, 2.75) is 64.7 Å². The number of hydrogen-bond donors (Lipinski definition) is 0. The topological polar surface area (TPSA) is 18.5 Å². The lowest BCUT2D eigenvalue weighted by atomic mass is 9.85. The molecule has 0 atom stereocenters. The summed E-state index contributed by atoms with van der Waals surface area (Å²) in [5.74, 6) is 2.97. The minimum absolute atomic E-state index is 0.970. The monoisotopic (exact) mass is 290 g/mol. The Morgan fingerprint density at radius 1 is 0.952 bits per heavy atom. The molecule has 0 unspecified atom stereocenters. The van der Waals surface area contributed by atoms with E-state index in [9.17, 15) is 0 Å². The standard InChI is InChI=1S/C19H30O2/c1-15-13-19(21-3)17(14-18(15)20-2)12-8-7-11-16-9-5-4-6-10-16/h13-14,16H,4-12H2,1-3H3. The van der Waals surface area contributed by atoms with Gasteiger partial charge in [-0.2, -0.15) is 0 Å². The van der Waals surface area contributed by atoms with Crippen LogP contribution in [0.3, 0.4) is 0 Å². The van der Waals surface area contributed by atoms with Crippen LogP contribution in [0.2, 0.25) is 0 Å². The van der Waals surface area contributed by atoms with Crippen molar-refractivity contribution in [3.63, 3.8) is 0 Å². The van der Waals surface area contributed by atoms with E-state index in [1.54, 1.807) is 14.2 Å². The molecule has 2 heteroatoms. The molecular weight excluding hydrogens is 260 g/mol. The van der Waals surface area contributed by atoms with Crippen LogP contribution >= 0.6 is 0 Å². The van der Waals surface area contributed by atoms with Crippen LogP contribution in [0.15, 0.2) is 12.1 Å². The molecule has 0 aliphatic heterocycles. The average molecular weight is 290 g/mol. The van der Waals surface area contributed by atoms with E-state index in [0.29, 0.717) is 0 Å². The van der Waals surface area contributed by atoms with Gasteiger partial charge in [-0.05, 0) is 48.9 Å². The third-order valence-electron chi connectivity index (χ3n) is 4.83. The van der Waals surface area contributed by atoms with E-state index >= 15 is 0 Å². The van der Waals surface area contributed by atoms with Crippen molar-refractivity contribution in [3.8, 4) is 11.5 Å². The lowest BCUT2D eigenvalue weighted by molar-refractivity contribution is 0.329. The normalized spacial score (nSPS) is 16.0. The molecule has 0 heterocycles. The van der Waals surface area contributed by atoms with Gasteiger partial charge in [0.1, 0.15) is 11.5 Å². The van der Waals surface area contributed by atoms with E-state index in [4.69, 9.17) is 9.47 Å². The van der Waals surface area contributed by atoms with Crippen molar-refractivity contribution < 1.29 is 9.47 Å². The lowest BCUT2D eigenvalue weighted by Crippen LogP contribution is -2.06. The summed E-state index contributed by atoms with van der Waals surface area (Å²) in [5.41, 5.74) is 2.42. The lowest BCUT2D eigenvalue weighted by Gasteiger charge is -2.21. The molecule has 0 amide bonds. The fraction of sp³-hybridized carbons (Fsp3) is 0.684. The van der Waals surface area contributed by atoms with Gasteiger partial charge in [-0.3, -0.25) is 0 Å². The highest BCUT2D eigenvalue weighted by molar-refractivity contribution is 5.45. The molecule has 2 nitrogen and oxygen atoms in total. The third-order valence-corrected chi connectivity index (χ3v) is 4.83. The summed E-state index contributed by atoms with van der Waals surface area (Å²) in [6.07, 6.45) is 12.4. The highest BCUT2D eigenvalue weighted by Crippen LogP contribution is 2.31. The van der Waals surface area contributed by atoms with Crippen LogP contribution in [-0.2, 0) is 6.42 Å². The Morgan fingerprint density at radius 3 is 2.33 bits per heavy atom. The summed E-state index contributed by atoms with van der Waals surface area (Å²) >= 11 is 0. The van der Waals surface area contributed by atoms with Crippen molar-refractivity contribution in [1.29, 1.82) is 0 Å². The molecule has 21 heavy (non-hydrogen) atoms. The molecule has 0 saturated heterocycles. The second-order valence-electron chi connectivity index (χ2n) is 6.38. The van der Waals surface area contributed by atoms with E-state index in [1.807, 2.05) is 0 Å². The molecule has 1 aromatic carbocycles. The molecule has 1 aliphatic carbocycles. The zero-order chi connectivity index (χ0) is 15.1. The van der Waals surface area contributed by atoms with Crippen molar-refractivity contribution in [3.05, 3.63) is 23.3 Å². The van der Waals surface area contributed by atoms with E-state index in [2.05, 4.69) is 19.1 Å². The SMILES string of the molecule is COc1cc(CCCCC2CCCCC2)c(OC)cc1C. The van der Waals surface area contributed by atoms with Gasteiger partial charge in [0.15, 0.2) is 0 Å². The average Bonchev–Trinajstić information content (AvgIpc) is 2.53. The quantitative estimate of drug-likeness (QED) is 0.634.